The van der Waals surface area contributed by atoms with Gasteiger partial charge in [0.2, 0.25) is 0 Å². The zero-order valence-electron chi connectivity index (χ0n) is 12.0. The highest BCUT2D eigenvalue weighted by molar-refractivity contribution is 5.28. The van der Waals surface area contributed by atoms with Crippen molar-refractivity contribution in [2.75, 3.05) is 0 Å². The number of halogens is 1. The lowest BCUT2D eigenvalue weighted by molar-refractivity contribution is 0.0865. The molecule has 19 heavy (non-hydrogen) atoms. The monoisotopic (exact) mass is 265 g/mol. The normalized spacial score (nSPS) is 27.6. The third-order valence-electron chi connectivity index (χ3n) is 4.26. The van der Waals surface area contributed by atoms with E-state index < -0.39 is 0 Å². The maximum absolute atomic E-state index is 13.5. The Morgan fingerprint density at radius 3 is 2.68 bits per heavy atom. The number of rotatable bonds is 3. The third kappa shape index (κ3) is 3.47. The van der Waals surface area contributed by atoms with Crippen LogP contribution in [0.2, 0.25) is 0 Å². The number of hydrogen-bond donors (Lipinski definition) is 1. The molecule has 0 saturated heterocycles. The Morgan fingerprint density at radius 1 is 1.32 bits per heavy atom. The van der Waals surface area contributed by atoms with Crippen molar-refractivity contribution in [3.63, 3.8) is 0 Å². The van der Waals surface area contributed by atoms with Crippen LogP contribution in [0.1, 0.15) is 38.7 Å². The van der Waals surface area contributed by atoms with Crippen LogP contribution in [-0.4, -0.2) is 12.1 Å². The lowest BCUT2D eigenvalue weighted by Crippen LogP contribution is -2.44. The van der Waals surface area contributed by atoms with Crippen LogP contribution in [-0.2, 0) is 0 Å². The van der Waals surface area contributed by atoms with Crippen molar-refractivity contribution in [3.05, 3.63) is 29.6 Å². The van der Waals surface area contributed by atoms with Gasteiger partial charge in [0.25, 0.3) is 0 Å². The largest absolute Gasteiger partial charge is 0.489 e. The molecule has 1 fully saturated rings. The smallest absolute Gasteiger partial charge is 0.129 e. The molecule has 0 aromatic heterocycles. The summed E-state index contributed by atoms with van der Waals surface area (Å²) in [6.45, 7) is 6.23. The standard InChI is InChI=1S/C16H24FNO/c1-10(2)12-5-7-15(18)16(8-12)19-13-6-4-11(3)14(17)9-13/h4,6,9-10,12,15-16H,5,7-8,18H2,1-3H3. The third-order valence-corrected chi connectivity index (χ3v) is 4.26. The molecule has 3 heteroatoms. The summed E-state index contributed by atoms with van der Waals surface area (Å²) in [4.78, 5) is 0. The summed E-state index contributed by atoms with van der Waals surface area (Å²) in [5, 5.41) is 0. The minimum Gasteiger partial charge on any atom is -0.489 e. The van der Waals surface area contributed by atoms with Gasteiger partial charge in [0.15, 0.2) is 0 Å². The number of benzene rings is 1. The van der Waals surface area contributed by atoms with E-state index in [1.54, 1.807) is 13.0 Å². The molecule has 0 aliphatic heterocycles. The Labute approximate surface area is 115 Å². The molecule has 0 bridgehead atoms. The van der Waals surface area contributed by atoms with Crippen LogP contribution in [0.15, 0.2) is 18.2 Å². The van der Waals surface area contributed by atoms with Gasteiger partial charge in [0, 0.05) is 12.1 Å². The molecule has 0 heterocycles. The minimum absolute atomic E-state index is 0.00301. The molecule has 0 radical (unpaired) electrons. The van der Waals surface area contributed by atoms with E-state index in [0.29, 0.717) is 23.1 Å². The summed E-state index contributed by atoms with van der Waals surface area (Å²) in [6.07, 6.45) is 3.13. The van der Waals surface area contributed by atoms with Gasteiger partial charge in [-0.05, 0) is 49.7 Å². The summed E-state index contributed by atoms with van der Waals surface area (Å²) < 4.78 is 19.4. The highest BCUT2D eigenvalue weighted by atomic mass is 19.1. The molecule has 1 aliphatic carbocycles. The lowest BCUT2D eigenvalue weighted by atomic mass is 9.78. The second-order valence-corrected chi connectivity index (χ2v) is 6.05. The molecule has 1 aromatic rings. The van der Waals surface area contributed by atoms with Crippen molar-refractivity contribution in [1.29, 1.82) is 0 Å². The van der Waals surface area contributed by atoms with Gasteiger partial charge in [-0.2, -0.15) is 0 Å². The Bertz CT molecular complexity index is 433. The Morgan fingerprint density at radius 2 is 2.05 bits per heavy atom. The molecule has 3 unspecified atom stereocenters. The molecule has 106 valence electrons. The average molecular weight is 265 g/mol. The molecule has 0 spiro atoms. The highest BCUT2D eigenvalue weighted by Gasteiger charge is 2.31. The Balaban J connectivity index is 2.05. The van der Waals surface area contributed by atoms with Gasteiger partial charge < -0.3 is 10.5 Å². The first kappa shape index (κ1) is 14.3. The van der Waals surface area contributed by atoms with Gasteiger partial charge in [-0.15, -0.1) is 0 Å². The maximum Gasteiger partial charge on any atom is 0.129 e. The van der Waals surface area contributed by atoms with Crippen LogP contribution in [0.3, 0.4) is 0 Å². The van der Waals surface area contributed by atoms with Crippen molar-refractivity contribution in [2.45, 2.75) is 52.2 Å². The average Bonchev–Trinajstić information content (AvgIpc) is 2.36. The first-order valence-corrected chi connectivity index (χ1v) is 7.15. The SMILES string of the molecule is Cc1ccc(OC2CC(C(C)C)CCC2N)cc1F. The minimum atomic E-state index is -0.220. The molecule has 1 aromatic carbocycles. The van der Waals surface area contributed by atoms with E-state index in [4.69, 9.17) is 10.5 Å². The fourth-order valence-electron chi connectivity index (χ4n) is 2.75. The summed E-state index contributed by atoms with van der Waals surface area (Å²) in [7, 11) is 0. The van der Waals surface area contributed by atoms with E-state index in [-0.39, 0.29) is 18.0 Å². The highest BCUT2D eigenvalue weighted by Crippen LogP contribution is 2.32. The molecular weight excluding hydrogens is 241 g/mol. The van der Waals surface area contributed by atoms with E-state index in [1.807, 2.05) is 6.07 Å². The summed E-state index contributed by atoms with van der Waals surface area (Å²) in [5.41, 5.74) is 6.78. The van der Waals surface area contributed by atoms with E-state index in [1.165, 1.54) is 12.5 Å². The molecule has 2 rings (SSSR count). The zero-order valence-corrected chi connectivity index (χ0v) is 12.0. The van der Waals surface area contributed by atoms with Gasteiger partial charge in [-0.1, -0.05) is 19.9 Å². The predicted molar refractivity (Wildman–Crippen MR) is 75.7 cm³/mol. The van der Waals surface area contributed by atoms with Crippen molar-refractivity contribution in [2.24, 2.45) is 17.6 Å². The molecular formula is C16H24FNO. The number of hydrogen-bond acceptors (Lipinski definition) is 2. The fourth-order valence-corrected chi connectivity index (χ4v) is 2.75. The maximum atomic E-state index is 13.5. The van der Waals surface area contributed by atoms with Crippen LogP contribution < -0.4 is 10.5 Å². The second-order valence-electron chi connectivity index (χ2n) is 6.05. The Kier molecular flexibility index (Phi) is 4.46. The van der Waals surface area contributed by atoms with Gasteiger partial charge in [0.1, 0.15) is 17.7 Å². The van der Waals surface area contributed by atoms with Crippen LogP contribution in [0.25, 0.3) is 0 Å². The second kappa shape index (κ2) is 5.91. The summed E-state index contributed by atoms with van der Waals surface area (Å²) in [6, 6.07) is 5.09. The van der Waals surface area contributed by atoms with E-state index >= 15 is 0 Å². The molecule has 2 N–H and O–H groups in total. The predicted octanol–water partition coefficient (Wildman–Crippen LogP) is 3.66. The lowest BCUT2D eigenvalue weighted by Gasteiger charge is -2.36. The van der Waals surface area contributed by atoms with Crippen LogP contribution >= 0.6 is 0 Å². The summed E-state index contributed by atoms with van der Waals surface area (Å²) in [5.74, 6) is 1.67. The van der Waals surface area contributed by atoms with Crippen LogP contribution in [0, 0.1) is 24.6 Å². The number of aryl methyl sites for hydroxylation is 1. The van der Waals surface area contributed by atoms with E-state index in [2.05, 4.69) is 13.8 Å². The molecule has 0 amide bonds. The zero-order chi connectivity index (χ0) is 14.0. The number of ether oxygens (including phenoxy) is 1. The van der Waals surface area contributed by atoms with Gasteiger partial charge in [-0.3, -0.25) is 0 Å². The molecule has 1 saturated carbocycles. The quantitative estimate of drug-likeness (QED) is 0.905. The first-order chi connectivity index (χ1) is 8.97. The number of nitrogens with two attached hydrogens (primary N) is 1. The van der Waals surface area contributed by atoms with Gasteiger partial charge in [-0.25, -0.2) is 4.39 Å². The summed E-state index contributed by atoms with van der Waals surface area (Å²) >= 11 is 0. The van der Waals surface area contributed by atoms with Crippen molar-refractivity contribution >= 4 is 0 Å². The fraction of sp³-hybridized carbons (Fsp3) is 0.625. The van der Waals surface area contributed by atoms with Gasteiger partial charge >= 0.3 is 0 Å². The van der Waals surface area contributed by atoms with Crippen molar-refractivity contribution in [3.8, 4) is 5.75 Å². The van der Waals surface area contributed by atoms with Gasteiger partial charge in [0.05, 0.1) is 0 Å². The van der Waals surface area contributed by atoms with Crippen LogP contribution in [0.5, 0.6) is 5.75 Å². The first-order valence-electron chi connectivity index (χ1n) is 7.15. The molecule has 1 aliphatic rings. The van der Waals surface area contributed by atoms with E-state index in [0.717, 1.165) is 12.8 Å². The van der Waals surface area contributed by atoms with Crippen molar-refractivity contribution < 1.29 is 9.13 Å². The molecule has 2 nitrogen and oxygen atoms in total. The Hall–Kier alpha value is -1.09. The molecule has 3 atom stereocenters. The van der Waals surface area contributed by atoms with Crippen molar-refractivity contribution in [1.82, 2.24) is 0 Å². The topological polar surface area (TPSA) is 35.2 Å². The van der Waals surface area contributed by atoms with E-state index in [9.17, 15) is 4.39 Å². The van der Waals surface area contributed by atoms with Crippen LogP contribution in [0.4, 0.5) is 4.39 Å².